The summed E-state index contributed by atoms with van der Waals surface area (Å²) >= 11 is 0. The molecule has 1 fully saturated rings. The van der Waals surface area contributed by atoms with E-state index in [2.05, 4.69) is 19.9 Å². The number of carbonyl (C=O) groups is 1. The fourth-order valence-corrected chi connectivity index (χ4v) is 3.94. The number of piperidine rings is 1. The van der Waals surface area contributed by atoms with Crippen molar-refractivity contribution in [3.05, 3.63) is 42.4 Å². The number of aliphatic carboxylic acids is 1. The second-order valence-corrected chi connectivity index (χ2v) is 8.14. The van der Waals surface area contributed by atoms with Crippen molar-refractivity contribution in [2.75, 3.05) is 45.7 Å². The molecule has 10 heteroatoms. The molecule has 0 atom stereocenters. The number of carboxylic acids is 1. The zero-order valence-electron chi connectivity index (χ0n) is 19.1. The number of nitrogens with zero attached hydrogens (tertiary/aromatic N) is 4. The maximum absolute atomic E-state index is 10.9. The number of anilines is 1. The molecule has 3 aromatic heterocycles. The Morgan fingerprint density at radius 3 is 2.68 bits per heavy atom. The van der Waals surface area contributed by atoms with Crippen LogP contribution in [0.5, 0.6) is 17.4 Å². The van der Waals surface area contributed by atoms with Gasteiger partial charge in [-0.3, -0.25) is 14.8 Å². The fourth-order valence-electron chi connectivity index (χ4n) is 3.94. The first kappa shape index (κ1) is 23.5. The number of nitrogen functional groups attached to an aromatic ring is 1. The summed E-state index contributed by atoms with van der Waals surface area (Å²) in [7, 11) is 1.57. The number of methoxy groups -OCH3 is 1. The Bertz CT molecular complexity index is 1130. The number of hydrogen-bond donors (Lipinski definition) is 2. The van der Waals surface area contributed by atoms with Gasteiger partial charge in [-0.05, 0) is 38.1 Å². The summed E-state index contributed by atoms with van der Waals surface area (Å²) in [6, 6.07) is 7.25. The molecule has 0 unspecified atom stereocenters. The summed E-state index contributed by atoms with van der Waals surface area (Å²) in [6.07, 6.45) is 5.70. The van der Waals surface area contributed by atoms with Gasteiger partial charge in [0, 0.05) is 37.0 Å². The van der Waals surface area contributed by atoms with Crippen molar-refractivity contribution in [3.63, 3.8) is 0 Å². The number of hydrogen-bond acceptors (Lipinski definition) is 9. The normalized spacial score (nSPS) is 15.9. The molecule has 10 nitrogen and oxygen atoms in total. The van der Waals surface area contributed by atoms with Crippen LogP contribution in [0, 0.1) is 5.92 Å². The number of fused-ring (bicyclic) bond motifs is 2. The van der Waals surface area contributed by atoms with E-state index >= 15 is 0 Å². The lowest BCUT2D eigenvalue weighted by atomic mass is 9.97. The summed E-state index contributed by atoms with van der Waals surface area (Å²) in [4.78, 5) is 25.9. The van der Waals surface area contributed by atoms with E-state index in [4.69, 9.17) is 25.1 Å². The van der Waals surface area contributed by atoms with Gasteiger partial charge in [0.2, 0.25) is 5.88 Å². The van der Waals surface area contributed by atoms with E-state index in [0.29, 0.717) is 36.0 Å². The van der Waals surface area contributed by atoms with Crippen LogP contribution >= 0.6 is 0 Å². The molecular weight excluding hydrogens is 438 g/mol. The zero-order chi connectivity index (χ0) is 23.9. The van der Waals surface area contributed by atoms with Crippen molar-refractivity contribution in [3.8, 4) is 17.4 Å². The quantitative estimate of drug-likeness (QED) is 0.576. The third-order valence-electron chi connectivity index (χ3n) is 5.91. The highest BCUT2D eigenvalue weighted by atomic mass is 16.6. The summed E-state index contributed by atoms with van der Waals surface area (Å²) in [5, 5.41) is 8.99. The lowest BCUT2D eigenvalue weighted by molar-refractivity contribution is -0.143. The standard InChI is InChI=1S/C15H20N2O4.C9H9N3O/c18-15(19)11-1-4-17(5-2-11)6-3-12-9-13-14(10-16-12)21-8-7-20-13;1-13-8-3-2-7-9(12-8)6(10)4-5-11-7/h9-11H,1-8H2,(H,18,19);2-5H,1H3,(H2,10,11). The molecule has 2 aliphatic rings. The highest BCUT2D eigenvalue weighted by molar-refractivity contribution is 5.86. The van der Waals surface area contributed by atoms with Gasteiger partial charge in [0.05, 0.1) is 30.4 Å². The first-order valence-corrected chi connectivity index (χ1v) is 11.3. The smallest absolute Gasteiger partial charge is 0.306 e. The second-order valence-electron chi connectivity index (χ2n) is 8.14. The van der Waals surface area contributed by atoms with Crippen molar-refractivity contribution in [1.82, 2.24) is 19.9 Å². The van der Waals surface area contributed by atoms with E-state index < -0.39 is 5.97 Å². The van der Waals surface area contributed by atoms with Crippen molar-refractivity contribution in [1.29, 1.82) is 0 Å². The molecule has 3 N–H and O–H groups in total. The zero-order valence-corrected chi connectivity index (χ0v) is 19.1. The van der Waals surface area contributed by atoms with Crippen LogP contribution < -0.4 is 19.9 Å². The van der Waals surface area contributed by atoms with E-state index in [1.807, 2.05) is 12.1 Å². The lowest BCUT2D eigenvalue weighted by Gasteiger charge is -2.29. The fraction of sp³-hybridized carbons (Fsp3) is 0.417. The SMILES string of the molecule is COc1ccc2nccc(N)c2n1.O=C(O)C1CCN(CCc2cc3c(cn2)OCCO3)CC1. The molecular formula is C24H29N5O5. The highest BCUT2D eigenvalue weighted by Gasteiger charge is 2.24. The van der Waals surface area contributed by atoms with Crippen LogP contribution in [0.3, 0.4) is 0 Å². The molecule has 0 aromatic carbocycles. The summed E-state index contributed by atoms with van der Waals surface area (Å²) < 4.78 is 16.0. The van der Waals surface area contributed by atoms with E-state index in [9.17, 15) is 4.79 Å². The number of ether oxygens (including phenoxy) is 3. The van der Waals surface area contributed by atoms with Gasteiger partial charge in [-0.1, -0.05) is 0 Å². The summed E-state index contributed by atoms with van der Waals surface area (Å²) in [5.74, 6) is 1.20. The number of pyridine rings is 3. The van der Waals surface area contributed by atoms with Crippen molar-refractivity contribution >= 4 is 22.7 Å². The Labute approximate surface area is 197 Å². The van der Waals surface area contributed by atoms with Crippen molar-refractivity contribution < 1.29 is 24.1 Å². The number of nitrogens with two attached hydrogens (primary N) is 1. The average molecular weight is 468 g/mol. The Morgan fingerprint density at radius 2 is 1.94 bits per heavy atom. The van der Waals surface area contributed by atoms with Crippen LogP contribution in [0.1, 0.15) is 18.5 Å². The topological polar surface area (TPSA) is 133 Å². The first-order chi connectivity index (χ1) is 16.5. The third-order valence-corrected chi connectivity index (χ3v) is 5.91. The Hall–Kier alpha value is -3.66. The number of likely N-dealkylation sites (tertiary alicyclic amines) is 1. The molecule has 2 aliphatic heterocycles. The molecule has 3 aromatic rings. The Balaban J connectivity index is 0.000000180. The minimum absolute atomic E-state index is 0.173. The van der Waals surface area contributed by atoms with Gasteiger partial charge in [-0.25, -0.2) is 4.98 Å². The van der Waals surface area contributed by atoms with Crippen molar-refractivity contribution in [2.45, 2.75) is 19.3 Å². The Kier molecular flexibility index (Phi) is 7.58. The molecule has 0 saturated carbocycles. The van der Waals surface area contributed by atoms with E-state index in [0.717, 1.165) is 55.9 Å². The van der Waals surface area contributed by atoms with Gasteiger partial charge in [0.15, 0.2) is 11.5 Å². The van der Waals surface area contributed by atoms with Crippen LogP contribution in [0.4, 0.5) is 5.69 Å². The third kappa shape index (κ3) is 5.82. The summed E-state index contributed by atoms with van der Waals surface area (Å²) in [6.45, 7) is 3.76. The molecule has 5 heterocycles. The van der Waals surface area contributed by atoms with Gasteiger partial charge in [-0.15, -0.1) is 0 Å². The molecule has 0 bridgehead atoms. The van der Waals surface area contributed by atoms with Gasteiger partial charge < -0.3 is 30.0 Å². The van der Waals surface area contributed by atoms with Gasteiger partial charge >= 0.3 is 5.97 Å². The largest absolute Gasteiger partial charge is 0.486 e. The number of carboxylic acid groups (broad SMARTS) is 1. The maximum Gasteiger partial charge on any atom is 0.306 e. The minimum Gasteiger partial charge on any atom is -0.486 e. The van der Waals surface area contributed by atoms with Gasteiger partial charge in [-0.2, -0.15) is 0 Å². The molecule has 5 rings (SSSR count). The monoisotopic (exact) mass is 467 g/mol. The van der Waals surface area contributed by atoms with Crippen LogP contribution in [0.25, 0.3) is 11.0 Å². The maximum atomic E-state index is 10.9. The predicted octanol–water partition coefficient (Wildman–Crippen LogP) is 2.41. The molecule has 34 heavy (non-hydrogen) atoms. The molecule has 0 radical (unpaired) electrons. The highest BCUT2D eigenvalue weighted by Crippen LogP contribution is 2.29. The second kappa shape index (κ2) is 11.0. The lowest BCUT2D eigenvalue weighted by Crippen LogP contribution is -2.37. The van der Waals surface area contributed by atoms with E-state index in [1.54, 1.807) is 31.6 Å². The Morgan fingerprint density at radius 1 is 1.18 bits per heavy atom. The summed E-state index contributed by atoms with van der Waals surface area (Å²) in [5.41, 5.74) is 8.78. The van der Waals surface area contributed by atoms with E-state index in [-0.39, 0.29) is 5.92 Å². The van der Waals surface area contributed by atoms with E-state index in [1.165, 1.54) is 0 Å². The van der Waals surface area contributed by atoms with Crippen LogP contribution in [-0.2, 0) is 11.2 Å². The molecule has 180 valence electrons. The van der Waals surface area contributed by atoms with Crippen molar-refractivity contribution in [2.24, 2.45) is 5.92 Å². The van der Waals surface area contributed by atoms with Gasteiger partial charge in [0.1, 0.15) is 18.7 Å². The number of rotatable bonds is 5. The molecule has 0 aliphatic carbocycles. The average Bonchev–Trinajstić information content (AvgIpc) is 2.88. The predicted molar refractivity (Wildman–Crippen MR) is 126 cm³/mol. The minimum atomic E-state index is -0.664. The molecule has 0 spiro atoms. The molecule has 0 amide bonds. The van der Waals surface area contributed by atoms with Crippen LogP contribution in [0.2, 0.25) is 0 Å². The number of aromatic nitrogens is 3. The first-order valence-electron chi connectivity index (χ1n) is 11.3. The van der Waals surface area contributed by atoms with Crippen LogP contribution in [-0.4, -0.2) is 70.9 Å². The molecule has 1 saturated heterocycles. The van der Waals surface area contributed by atoms with Crippen LogP contribution in [0.15, 0.2) is 36.7 Å². The van der Waals surface area contributed by atoms with Gasteiger partial charge in [0.25, 0.3) is 0 Å².